The van der Waals surface area contributed by atoms with Crippen LogP contribution in [0.25, 0.3) is 0 Å². The van der Waals surface area contributed by atoms with Crippen molar-refractivity contribution in [1.29, 1.82) is 0 Å². The van der Waals surface area contributed by atoms with Gasteiger partial charge < -0.3 is 9.47 Å². The van der Waals surface area contributed by atoms with Gasteiger partial charge in [0.25, 0.3) is 0 Å². The van der Waals surface area contributed by atoms with Crippen LogP contribution < -0.4 is 0 Å². The molecule has 27 heavy (non-hydrogen) atoms. The Labute approximate surface area is 164 Å². The first-order chi connectivity index (χ1) is 13.1. The Morgan fingerprint density at radius 3 is 1.85 bits per heavy atom. The van der Waals surface area contributed by atoms with Crippen LogP contribution in [0.1, 0.15) is 11.1 Å². The molecule has 0 aliphatic carbocycles. The number of thioether (sulfide) groups is 1. The Hall–Kier alpha value is -2.31. The molecule has 0 saturated heterocycles. The zero-order valence-electron chi connectivity index (χ0n) is 15.7. The maximum atomic E-state index is 12.2. The summed E-state index contributed by atoms with van der Waals surface area (Å²) < 4.78 is 9.63. The van der Waals surface area contributed by atoms with Crippen LogP contribution in [0.4, 0.5) is 0 Å². The maximum absolute atomic E-state index is 12.2. The number of ether oxygens (including phenoxy) is 2. The number of carbonyl (C=O) groups excluding carboxylic acids is 2. The zero-order chi connectivity index (χ0) is 19.5. The number of esters is 2. The van der Waals surface area contributed by atoms with Crippen molar-refractivity contribution in [2.24, 2.45) is 0 Å². The Balaban J connectivity index is 2.13. The second kappa shape index (κ2) is 11.4. The Morgan fingerprint density at radius 2 is 1.41 bits per heavy atom. The molecule has 0 N–H and O–H groups in total. The number of rotatable bonds is 10. The number of methoxy groups -OCH3 is 2. The molecular weight excluding hydrogens is 362 g/mol. The average Bonchev–Trinajstić information content (AvgIpc) is 2.71. The SMILES string of the molecule is COC(=O)CS[C@@H](CN(Cc1ccccc1)Cc1ccccc1)C(=O)OC. The van der Waals surface area contributed by atoms with Gasteiger partial charge in [-0.3, -0.25) is 14.5 Å². The van der Waals surface area contributed by atoms with Crippen LogP contribution in [0.3, 0.4) is 0 Å². The lowest BCUT2D eigenvalue weighted by Gasteiger charge is -2.26. The normalized spacial score (nSPS) is 11.8. The summed E-state index contributed by atoms with van der Waals surface area (Å²) in [5, 5.41) is -0.471. The van der Waals surface area contributed by atoms with Crippen molar-refractivity contribution in [2.45, 2.75) is 18.3 Å². The molecule has 0 amide bonds. The lowest BCUT2D eigenvalue weighted by atomic mass is 10.1. The Morgan fingerprint density at radius 1 is 0.889 bits per heavy atom. The summed E-state index contributed by atoms with van der Waals surface area (Å²) in [6.07, 6.45) is 0. The van der Waals surface area contributed by atoms with Crippen LogP contribution in [0.2, 0.25) is 0 Å². The Kier molecular flexibility index (Phi) is 8.87. The molecule has 0 aliphatic rings. The molecule has 0 aromatic heterocycles. The summed E-state index contributed by atoms with van der Waals surface area (Å²) in [7, 11) is 2.71. The van der Waals surface area contributed by atoms with Crippen molar-refractivity contribution in [1.82, 2.24) is 4.90 Å². The predicted octanol–water partition coefficient (Wildman–Crippen LogP) is 3.14. The molecule has 0 bridgehead atoms. The second-order valence-corrected chi connectivity index (χ2v) is 7.23. The van der Waals surface area contributed by atoms with Gasteiger partial charge in [0.1, 0.15) is 5.25 Å². The predicted molar refractivity (Wildman–Crippen MR) is 107 cm³/mol. The molecule has 144 valence electrons. The molecule has 2 aromatic carbocycles. The molecular formula is C21H25NO4S. The van der Waals surface area contributed by atoms with E-state index in [9.17, 15) is 9.59 Å². The Bertz CT molecular complexity index is 667. The fourth-order valence-corrected chi connectivity index (χ4v) is 3.66. The van der Waals surface area contributed by atoms with Crippen LogP contribution in [-0.2, 0) is 32.2 Å². The number of carbonyl (C=O) groups is 2. The quantitative estimate of drug-likeness (QED) is 0.584. The molecule has 0 fully saturated rings. The summed E-state index contributed by atoms with van der Waals surface area (Å²) >= 11 is 1.25. The molecule has 0 aliphatic heterocycles. The summed E-state index contributed by atoms with van der Waals surface area (Å²) in [6, 6.07) is 20.2. The van der Waals surface area contributed by atoms with Crippen LogP contribution in [0, 0.1) is 0 Å². The molecule has 0 saturated carbocycles. The average molecular weight is 388 g/mol. The van der Waals surface area contributed by atoms with Crippen molar-refractivity contribution in [2.75, 3.05) is 26.5 Å². The van der Waals surface area contributed by atoms with Gasteiger partial charge in [0, 0.05) is 19.6 Å². The van der Waals surface area contributed by atoms with Crippen LogP contribution >= 0.6 is 11.8 Å². The zero-order valence-corrected chi connectivity index (χ0v) is 16.5. The lowest BCUT2D eigenvalue weighted by molar-refractivity contribution is -0.140. The molecule has 0 heterocycles. The van der Waals surface area contributed by atoms with Crippen LogP contribution in [-0.4, -0.2) is 48.6 Å². The standard InChI is InChI=1S/C21H25NO4S/c1-25-20(23)16-27-19(21(24)26-2)15-22(13-17-9-5-3-6-10-17)14-18-11-7-4-8-12-18/h3-12,19H,13-16H2,1-2H3/t19-/m0/s1. The highest BCUT2D eigenvalue weighted by molar-refractivity contribution is 8.01. The number of benzene rings is 2. The molecule has 0 spiro atoms. The van der Waals surface area contributed by atoms with Crippen molar-refractivity contribution in [3.8, 4) is 0 Å². The van der Waals surface area contributed by atoms with Gasteiger partial charge in [-0.2, -0.15) is 0 Å². The van der Waals surface area contributed by atoms with Crippen LogP contribution in [0.15, 0.2) is 60.7 Å². The monoisotopic (exact) mass is 387 g/mol. The summed E-state index contributed by atoms with van der Waals surface area (Å²) in [6.45, 7) is 1.86. The second-order valence-electron chi connectivity index (χ2n) is 6.04. The highest BCUT2D eigenvalue weighted by Crippen LogP contribution is 2.18. The number of nitrogens with zero attached hydrogens (tertiary/aromatic N) is 1. The minimum Gasteiger partial charge on any atom is -0.468 e. The van der Waals surface area contributed by atoms with Gasteiger partial charge in [-0.1, -0.05) is 60.7 Å². The van der Waals surface area contributed by atoms with E-state index < -0.39 is 5.25 Å². The number of hydrogen-bond acceptors (Lipinski definition) is 6. The topological polar surface area (TPSA) is 55.8 Å². The lowest BCUT2D eigenvalue weighted by Crippen LogP contribution is -2.36. The van der Waals surface area contributed by atoms with E-state index in [1.165, 1.54) is 26.0 Å². The third kappa shape index (κ3) is 7.45. The van der Waals surface area contributed by atoms with Gasteiger partial charge in [-0.05, 0) is 11.1 Å². The van der Waals surface area contributed by atoms with E-state index in [1.54, 1.807) is 0 Å². The molecule has 0 unspecified atom stereocenters. The molecule has 5 nitrogen and oxygen atoms in total. The van der Waals surface area contributed by atoms with E-state index in [-0.39, 0.29) is 17.7 Å². The van der Waals surface area contributed by atoms with E-state index in [1.807, 2.05) is 36.4 Å². The van der Waals surface area contributed by atoms with Gasteiger partial charge in [0.05, 0.1) is 20.0 Å². The molecule has 2 rings (SSSR count). The van der Waals surface area contributed by atoms with Gasteiger partial charge in [0.2, 0.25) is 0 Å². The largest absolute Gasteiger partial charge is 0.468 e. The first-order valence-corrected chi connectivity index (χ1v) is 9.73. The third-order valence-electron chi connectivity index (χ3n) is 4.02. The van der Waals surface area contributed by atoms with Gasteiger partial charge in [-0.25, -0.2) is 0 Å². The van der Waals surface area contributed by atoms with Crippen molar-refractivity contribution in [3.05, 3.63) is 71.8 Å². The molecule has 1 atom stereocenters. The van der Waals surface area contributed by atoms with Crippen LogP contribution in [0.5, 0.6) is 0 Å². The third-order valence-corrected chi connectivity index (χ3v) is 5.16. The van der Waals surface area contributed by atoms with Crippen molar-refractivity contribution in [3.63, 3.8) is 0 Å². The van der Waals surface area contributed by atoms with E-state index >= 15 is 0 Å². The summed E-state index contributed by atoms with van der Waals surface area (Å²) in [5.41, 5.74) is 2.32. The van der Waals surface area contributed by atoms with Gasteiger partial charge in [0.15, 0.2) is 0 Å². The van der Waals surface area contributed by atoms with E-state index in [0.29, 0.717) is 19.6 Å². The number of hydrogen-bond donors (Lipinski definition) is 0. The highest BCUT2D eigenvalue weighted by atomic mass is 32.2. The van der Waals surface area contributed by atoms with Gasteiger partial charge in [-0.15, -0.1) is 11.8 Å². The molecule has 6 heteroatoms. The van der Waals surface area contributed by atoms with E-state index in [0.717, 1.165) is 11.1 Å². The summed E-state index contributed by atoms with van der Waals surface area (Å²) in [4.78, 5) is 25.9. The summed E-state index contributed by atoms with van der Waals surface area (Å²) in [5.74, 6) is -0.581. The highest BCUT2D eigenvalue weighted by Gasteiger charge is 2.24. The fourth-order valence-electron chi connectivity index (χ4n) is 2.66. The van der Waals surface area contributed by atoms with Crippen molar-refractivity contribution < 1.29 is 19.1 Å². The minimum atomic E-state index is -0.471. The smallest absolute Gasteiger partial charge is 0.320 e. The van der Waals surface area contributed by atoms with E-state index in [4.69, 9.17) is 4.74 Å². The molecule has 0 radical (unpaired) electrons. The minimum absolute atomic E-state index is 0.112. The molecule has 2 aromatic rings. The fraction of sp³-hybridized carbons (Fsp3) is 0.333. The first-order valence-electron chi connectivity index (χ1n) is 8.69. The van der Waals surface area contributed by atoms with Gasteiger partial charge >= 0.3 is 11.9 Å². The maximum Gasteiger partial charge on any atom is 0.320 e. The van der Waals surface area contributed by atoms with E-state index in [2.05, 4.69) is 33.9 Å². The first kappa shape index (κ1) is 21.0. The van der Waals surface area contributed by atoms with Crippen molar-refractivity contribution >= 4 is 23.7 Å².